The number of oxazole rings is 1. The number of carbonyl (C=O) groups excluding carboxylic acids is 1. The molecule has 0 aliphatic heterocycles. The van der Waals surface area contributed by atoms with Crippen molar-refractivity contribution in [1.29, 1.82) is 0 Å². The van der Waals surface area contributed by atoms with E-state index < -0.39 is 0 Å². The van der Waals surface area contributed by atoms with Gasteiger partial charge in [-0.05, 0) is 31.0 Å². The molecule has 0 unspecified atom stereocenters. The summed E-state index contributed by atoms with van der Waals surface area (Å²) < 4.78 is 5.42. The van der Waals surface area contributed by atoms with E-state index in [1.165, 1.54) is 0 Å². The third-order valence-electron chi connectivity index (χ3n) is 3.37. The SMILES string of the molecule is CC.CCCC(CCC)NC(=O)c1ccc2oc(C)nc2c1. The number of fused-ring (bicyclic) bond motifs is 1. The van der Waals surface area contributed by atoms with Crippen LogP contribution in [-0.4, -0.2) is 16.9 Å². The quantitative estimate of drug-likeness (QED) is 0.829. The van der Waals surface area contributed by atoms with Crippen molar-refractivity contribution in [2.24, 2.45) is 0 Å². The lowest BCUT2D eigenvalue weighted by molar-refractivity contribution is 0.0932. The predicted molar refractivity (Wildman–Crippen MR) is 91.2 cm³/mol. The topological polar surface area (TPSA) is 55.1 Å². The molecule has 1 aromatic heterocycles. The monoisotopic (exact) mass is 304 g/mol. The summed E-state index contributed by atoms with van der Waals surface area (Å²) in [6.45, 7) is 10.1. The van der Waals surface area contributed by atoms with Gasteiger partial charge in [0.05, 0.1) is 0 Å². The Labute approximate surface area is 133 Å². The summed E-state index contributed by atoms with van der Waals surface area (Å²) in [4.78, 5) is 16.5. The summed E-state index contributed by atoms with van der Waals surface area (Å²) in [5.74, 6) is 0.590. The van der Waals surface area contributed by atoms with Crippen molar-refractivity contribution in [3.05, 3.63) is 29.7 Å². The van der Waals surface area contributed by atoms with Gasteiger partial charge in [0.2, 0.25) is 0 Å². The van der Waals surface area contributed by atoms with Crippen LogP contribution >= 0.6 is 0 Å². The molecule has 2 aromatic rings. The van der Waals surface area contributed by atoms with Crippen LogP contribution in [0.3, 0.4) is 0 Å². The van der Waals surface area contributed by atoms with E-state index in [9.17, 15) is 4.79 Å². The maximum atomic E-state index is 12.3. The van der Waals surface area contributed by atoms with E-state index >= 15 is 0 Å². The summed E-state index contributed by atoms with van der Waals surface area (Å²) in [6.07, 6.45) is 4.19. The summed E-state index contributed by atoms with van der Waals surface area (Å²) in [5.41, 5.74) is 2.10. The first-order valence-electron chi connectivity index (χ1n) is 8.32. The van der Waals surface area contributed by atoms with Crippen LogP contribution < -0.4 is 5.32 Å². The van der Waals surface area contributed by atoms with Crippen molar-refractivity contribution in [2.45, 2.75) is 66.3 Å². The van der Waals surface area contributed by atoms with Crippen LogP contribution in [-0.2, 0) is 0 Å². The molecule has 0 fully saturated rings. The van der Waals surface area contributed by atoms with E-state index in [0.717, 1.165) is 36.8 Å². The van der Waals surface area contributed by atoms with E-state index in [1.807, 2.05) is 13.8 Å². The number of nitrogens with zero attached hydrogens (tertiary/aromatic N) is 1. The molecule has 0 saturated carbocycles. The Morgan fingerprint density at radius 1 is 1.23 bits per heavy atom. The number of rotatable bonds is 6. The van der Waals surface area contributed by atoms with Gasteiger partial charge >= 0.3 is 0 Å². The second kappa shape index (κ2) is 9.23. The van der Waals surface area contributed by atoms with Crippen LogP contribution in [0.15, 0.2) is 22.6 Å². The number of hydrogen-bond donors (Lipinski definition) is 1. The van der Waals surface area contributed by atoms with Gasteiger partial charge in [0.15, 0.2) is 11.5 Å². The zero-order valence-electron chi connectivity index (χ0n) is 14.4. The van der Waals surface area contributed by atoms with Gasteiger partial charge in [-0.1, -0.05) is 40.5 Å². The highest BCUT2D eigenvalue weighted by Gasteiger charge is 2.13. The van der Waals surface area contributed by atoms with E-state index in [4.69, 9.17) is 4.42 Å². The highest BCUT2D eigenvalue weighted by atomic mass is 16.3. The maximum Gasteiger partial charge on any atom is 0.251 e. The normalized spacial score (nSPS) is 10.5. The van der Waals surface area contributed by atoms with Gasteiger partial charge in [0.1, 0.15) is 5.52 Å². The second-order valence-electron chi connectivity index (χ2n) is 5.16. The van der Waals surface area contributed by atoms with Gasteiger partial charge in [0, 0.05) is 18.5 Å². The average Bonchev–Trinajstić information content (AvgIpc) is 2.88. The highest BCUT2D eigenvalue weighted by Crippen LogP contribution is 2.17. The van der Waals surface area contributed by atoms with Crippen LogP contribution in [0.5, 0.6) is 0 Å². The zero-order chi connectivity index (χ0) is 16.5. The summed E-state index contributed by atoms with van der Waals surface area (Å²) in [6, 6.07) is 5.64. The second-order valence-corrected chi connectivity index (χ2v) is 5.16. The summed E-state index contributed by atoms with van der Waals surface area (Å²) in [5, 5.41) is 3.11. The van der Waals surface area contributed by atoms with Gasteiger partial charge in [0.25, 0.3) is 5.91 Å². The molecular weight excluding hydrogens is 276 g/mol. The fraction of sp³-hybridized carbons (Fsp3) is 0.556. The fourth-order valence-electron chi connectivity index (χ4n) is 2.44. The van der Waals surface area contributed by atoms with Gasteiger partial charge in [-0.15, -0.1) is 0 Å². The van der Waals surface area contributed by atoms with Crippen molar-refractivity contribution in [3.63, 3.8) is 0 Å². The number of amides is 1. The van der Waals surface area contributed by atoms with Crippen molar-refractivity contribution >= 4 is 17.0 Å². The first-order valence-corrected chi connectivity index (χ1v) is 8.32. The molecule has 0 spiro atoms. The number of aromatic nitrogens is 1. The molecule has 1 N–H and O–H groups in total. The Morgan fingerprint density at radius 2 is 1.86 bits per heavy atom. The molecule has 1 heterocycles. The van der Waals surface area contributed by atoms with Gasteiger partial charge in [-0.3, -0.25) is 4.79 Å². The van der Waals surface area contributed by atoms with Crippen LogP contribution in [0, 0.1) is 6.92 Å². The van der Waals surface area contributed by atoms with E-state index in [2.05, 4.69) is 24.1 Å². The largest absolute Gasteiger partial charge is 0.441 e. The number of carbonyl (C=O) groups is 1. The van der Waals surface area contributed by atoms with Crippen LogP contribution in [0.25, 0.3) is 11.1 Å². The van der Waals surface area contributed by atoms with Crippen molar-refractivity contribution in [3.8, 4) is 0 Å². The van der Waals surface area contributed by atoms with Crippen LogP contribution in [0.1, 0.15) is 69.6 Å². The summed E-state index contributed by atoms with van der Waals surface area (Å²) >= 11 is 0. The van der Waals surface area contributed by atoms with Crippen LogP contribution in [0.4, 0.5) is 0 Å². The molecule has 2 rings (SSSR count). The maximum absolute atomic E-state index is 12.3. The summed E-state index contributed by atoms with van der Waals surface area (Å²) in [7, 11) is 0. The third-order valence-corrected chi connectivity index (χ3v) is 3.37. The Balaban J connectivity index is 0.00000116. The molecule has 4 heteroatoms. The Bertz CT molecular complexity index is 584. The Morgan fingerprint density at radius 3 is 2.45 bits per heavy atom. The first kappa shape index (κ1) is 18.2. The van der Waals surface area contributed by atoms with E-state index in [1.54, 1.807) is 25.1 Å². The molecule has 0 aliphatic rings. The molecule has 22 heavy (non-hydrogen) atoms. The fourth-order valence-corrected chi connectivity index (χ4v) is 2.44. The minimum atomic E-state index is -0.0283. The molecule has 122 valence electrons. The standard InChI is InChI=1S/C16H22N2O2.C2H6/c1-4-6-13(7-5-2)18-16(19)12-8-9-15-14(10-12)17-11(3)20-15;1-2/h8-10,13H,4-7H2,1-3H3,(H,18,19);1-2H3. The molecule has 0 bridgehead atoms. The zero-order valence-corrected chi connectivity index (χ0v) is 14.4. The van der Waals surface area contributed by atoms with Crippen molar-refractivity contribution in [1.82, 2.24) is 10.3 Å². The molecule has 0 aliphatic carbocycles. The third kappa shape index (κ3) is 4.86. The number of hydrogen-bond acceptors (Lipinski definition) is 3. The van der Waals surface area contributed by atoms with Gasteiger partial charge < -0.3 is 9.73 Å². The Hall–Kier alpha value is -1.84. The van der Waals surface area contributed by atoms with Crippen molar-refractivity contribution in [2.75, 3.05) is 0 Å². The molecule has 1 amide bonds. The molecule has 0 radical (unpaired) electrons. The lowest BCUT2D eigenvalue weighted by Crippen LogP contribution is -2.34. The Kier molecular flexibility index (Phi) is 7.64. The molecule has 1 aromatic carbocycles. The number of nitrogens with one attached hydrogen (secondary N) is 1. The van der Waals surface area contributed by atoms with Gasteiger partial charge in [-0.2, -0.15) is 0 Å². The van der Waals surface area contributed by atoms with Crippen molar-refractivity contribution < 1.29 is 9.21 Å². The average molecular weight is 304 g/mol. The van der Waals surface area contributed by atoms with E-state index in [-0.39, 0.29) is 11.9 Å². The number of aryl methyl sites for hydroxylation is 1. The lowest BCUT2D eigenvalue weighted by atomic mass is 10.1. The van der Waals surface area contributed by atoms with Gasteiger partial charge in [-0.25, -0.2) is 4.98 Å². The molecule has 4 nitrogen and oxygen atoms in total. The molecular formula is C18H28N2O2. The highest BCUT2D eigenvalue weighted by molar-refractivity contribution is 5.97. The molecule has 0 saturated heterocycles. The number of benzene rings is 1. The first-order chi connectivity index (χ1) is 10.6. The minimum Gasteiger partial charge on any atom is -0.441 e. The molecule has 0 atom stereocenters. The van der Waals surface area contributed by atoms with E-state index in [0.29, 0.717) is 11.5 Å². The smallest absolute Gasteiger partial charge is 0.251 e. The minimum absolute atomic E-state index is 0.0283. The lowest BCUT2D eigenvalue weighted by Gasteiger charge is -2.17. The predicted octanol–water partition coefficient (Wildman–Crippen LogP) is 4.86. The van der Waals surface area contributed by atoms with Crippen LogP contribution in [0.2, 0.25) is 0 Å².